The summed E-state index contributed by atoms with van der Waals surface area (Å²) >= 11 is 9.52. The third kappa shape index (κ3) is 3.75. The number of halogens is 2. The zero-order valence-corrected chi connectivity index (χ0v) is 13.5. The van der Waals surface area contributed by atoms with Crippen molar-refractivity contribution < 1.29 is 9.84 Å². The van der Waals surface area contributed by atoms with Gasteiger partial charge in [0.05, 0.1) is 6.61 Å². The molecule has 106 valence electrons. The van der Waals surface area contributed by atoms with Gasteiger partial charge in [-0.05, 0) is 42.3 Å². The molecule has 0 heterocycles. The molecule has 0 bridgehead atoms. The number of hydrogen-bond donors (Lipinski definition) is 1. The monoisotopic (exact) mass is 354 g/mol. The molecule has 0 aromatic heterocycles. The zero-order valence-electron chi connectivity index (χ0n) is 11.1. The lowest BCUT2D eigenvalue weighted by Crippen LogP contribution is -2.01. The molecule has 0 aliphatic heterocycles. The van der Waals surface area contributed by atoms with Crippen molar-refractivity contribution in [1.29, 1.82) is 0 Å². The number of rotatable bonds is 5. The summed E-state index contributed by atoms with van der Waals surface area (Å²) in [6.45, 7) is 2.76. The van der Waals surface area contributed by atoms with Crippen molar-refractivity contribution in [3.05, 3.63) is 63.1 Å². The first-order chi connectivity index (χ1) is 9.61. The maximum atomic E-state index is 10.4. The molecule has 2 rings (SSSR count). The Kier molecular flexibility index (Phi) is 5.46. The highest BCUT2D eigenvalue weighted by atomic mass is 79.9. The molecule has 4 heteroatoms. The first kappa shape index (κ1) is 15.4. The molecule has 0 saturated carbocycles. The molecule has 0 fully saturated rings. The van der Waals surface area contributed by atoms with E-state index >= 15 is 0 Å². The Hall–Kier alpha value is -1.03. The van der Waals surface area contributed by atoms with E-state index in [9.17, 15) is 5.11 Å². The molecule has 0 saturated heterocycles. The van der Waals surface area contributed by atoms with Crippen LogP contribution in [-0.4, -0.2) is 11.7 Å². The molecule has 1 N–H and O–H groups in total. The molecule has 1 unspecified atom stereocenters. The van der Waals surface area contributed by atoms with Crippen molar-refractivity contribution in [3.8, 4) is 5.75 Å². The SMILES string of the molecule is CCCOc1ccc(C(O)c2cc(Br)ccc2Cl)cc1. The summed E-state index contributed by atoms with van der Waals surface area (Å²) in [6.07, 6.45) is 0.220. The second-order valence-corrected chi connectivity index (χ2v) is 5.81. The molecule has 0 aliphatic carbocycles. The minimum absolute atomic E-state index is 0.548. The van der Waals surface area contributed by atoms with Gasteiger partial charge in [0.15, 0.2) is 0 Å². The molecule has 2 aromatic carbocycles. The highest BCUT2D eigenvalue weighted by Crippen LogP contribution is 2.31. The molecule has 20 heavy (non-hydrogen) atoms. The van der Waals surface area contributed by atoms with E-state index < -0.39 is 6.10 Å². The Morgan fingerprint density at radius 1 is 1.20 bits per heavy atom. The standard InChI is InChI=1S/C16H16BrClO2/c1-2-9-20-13-6-3-11(4-7-13)16(19)14-10-12(17)5-8-15(14)18/h3-8,10,16,19H,2,9H2,1H3. The van der Waals surface area contributed by atoms with Crippen LogP contribution in [0.4, 0.5) is 0 Å². The van der Waals surface area contributed by atoms with Crippen molar-refractivity contribution >= 4 is 27.5 Å². The molecular weight excluding hydrogens is 340 g/mol. The molecule has 0 amide bonds. The van der Waals surface area contributed by atoms with Crippen LogP contribution in [-0.2, 0) is 0 Å². The molecule has 2 nitrogen and oxygen atoms in total. The minimum Gasteiger partial charge on any atom is -0.494 e. The Labute approximate surface area is 132 Å². The third-order valence-electron chi connectivity index (χ3n) is 2.92. The predicted molar refractivity (Wildman–Crippen MR) is 85.4 cm³/mol. The van der Waals surface area contributed by atoms with Crippen molar-refractivity contribution in [2.45, 2.75) is 19.4 Å². The van der Waals surface area contributed by atoms with Crippen molar-refractivity contribution in [3.63, 3.8) is 0 Å². The largest absolute Gasteiger partial charge is 0.494 e. The lowest BCUT2D eigenvalue weighted by atomic mass is 10.0. The maximum absolute atomic E-state index is 10.4. The van der Waals surface area contributed by atoms with Crippen molar-refractivity contribution in [2.24, 2.45) is 0 Å². The van der Waals surface area contributed by atoms with Gasteiger partial charge >= 0.3 is 0 Å². The highest BCUT2D eigenvalue weighted by molar-refractivity contribution is 9.10. The van der Waals surface area contributed by atoms with Crippen molar-refractivity contribution in [1.82, 2.24) is 0 Å². The topological polar surface area (TPSA) is 29.5 Å². The van der Waals surface area contributed by atoms with E-state index in [0.29, 0.717) is 17.2 Å². The van der Waals surface area contributed by atoms with E-state index in [4.69, 9.17) is 16.3 Å². The van der Waals surface area contributed by atoms with E-state index in [0.717, 1.165) is 22.2 Å². The summed E-state index contributed by atoms with van der Waals surface area (Å²) in [5, 5.41) is 11.0. The second-order valence-electron chi connectivity index (χ2n) is 4.49. The van der Waals surface area contributed by atoms with Crippen molar-refractivity contribution in [2.75, 3.05) is 6.61 Å². The smallest absolute Gasteiger partial charge is 0.119 e. The van der Waals surface area contributed by atoms with Crippen LogP contribution in [0.1, 0.15) is 30.6 Å². The van der Waals surface area contributed by atoms with Gasteiger partial charge in [0, 0.05) is 15.1 Å². The van der Waals surface area contributed by atoms with E-state index in [1.54, 1.807) is 6.07 Å². The second kappa shape index (κ2) is 7.11. The van der Waals surface area contributed by atoms with Gasteiger partial charge in [-0.15, -0.1) is 0 Å². The summed E-state index contributed by atoms with van der Waals surface area (Å²) in [6, 6.07) is 12.9. The Bertz CT molecular complexity index is 569. The van der Waals surface area contributed by atoms with Crippen LogP contribution < -0.4 is 4.74 Å². The molecular formula is C16H16BrClO2. The van der Waals surface area contributed by atoms with Gasteiger partial charge in [-0.1, -0.05) is 46.6 Å². The number of aliphatic hydroxyl groups excluding tert-OH is 1. The number of benzene rings is 2. The van der Waals surface area contributed by atoms with Gasteiger partial charge in [-0.2, -0.15) is 0 Å². The molecule has 2 aromatic rings. The quantitative estimate of drug-likeness (QED) is 0.820. The number of hydrogen-bond acceptors (Lipinski definition) is 2. The molecule has 1 atom stereocenters. The average Bonchev–Trinajstić information content (AvgIpc) is 2.47. The van der Waals surface area contributed by atoms with Crippen LogP contribution in [0.5, 0.6) is 5.75 Å². The molecule has 0 spiro atoms. The Balaban J connectivity index is 2.20. The maximum Gasteiger partial charge on any atom is 0.119 e. The van der Waals surface area contributed by atoms with Crippen LogP contribution in [0.15, 0.2) is 46.9 Å². The van der Waals surface area contributed by atoms with Gasteiger partial charge in [0.1, 0.15) is 11.9 Å². The number of aliphatic hydroxyl groups is 1. The van der Waals surface area contributed by atoms with Crippen LogP contribution in [0.3, 0.4) is 0 Å². The van der Waals surface area contributed by atoms with E-state index in [2.05, 4.69) is 22.9 Å². The Morgan fingerprint density at radius 2 is 1.90 bits per heavy atom. The van der Waals surface area contributed by atoms with E-state index in [1.807, 2.05) is 36.4 Å². The fourth-order valence-electron chi connectivity index (χ4n) is 1.87. The first-order valence-corrected chi connectivity index (χ1v) is 7.64. The summed E-state index contributed by atoms with van der Waals surface area (Å²) in [4.78, 5) is 0. The number of ether oxygens (including phenoxy) is 1. The summed E-state index contributed by atoms with van der Waals surface area (Å²) in [5.74, 6) is 0.808. The van der Waals surface area contributed by atoms with Crippen LogP contribution in [0, 0.1) is 0 Å². The summed E-state index contributed by atoms with van der Waals surface area (Å²) in [5.41, 5.74) is 1.47. The minimum atomic E-state index is -0.750. The normalized spacial score (nSPS) is 12.2. The van der Waals surface area contributed by atoms with Crippen LogP contribution >= 0.6 is 27.5 Å². The fraction of sp³-hybridized carbons (Fsp3) is 0.250. The first-order valence-electron chi connectivity index (χ1n) is 6.47. The molecule has 0 radical (unpaired) electrons. The van der Waals surface area contributed by atoms with Crippen LogP contribution in [0.25, 0.3) is 0 Å². The average molecular weight is 356 g/mol. The highest BCUT2D eigenvalue weighted by Gasteiger charge is 2.14. The van der Waals surface area contributed by atoms with Gasteiger partial charge in [-0.3, -0.25) is 0 Å². The van der Waals surface area contributed by atoms with E-state index in [-0.39, 0.29) is 0 Å². The fourth-order valence-corrected chi connectivity index (χ4v) is 2.47. The predicted octanol–water partition coefficient (Wildman–Crippen LogP) is 4.97. The van der Waals surface area contributed by atoms with Gasteiger partial charge in [-0.25, -0.2) is 0 Å². The van der Waals surface area contributed by atoms with Gasteiger partial charge in [0.25, 0.3) is 0 Å². The molecule has 0 aliphatic rings. The lowest BCUT2D eigenvalue weighted by molar-refractivity contribution is 0.220. The zero-order chi connectivity index (χ0) is 14.5. The summed E-state index contributed by atoms with van der Waals surface area (Å²) in [7, 11) is 0. The Morgan fingerprint density at radius 3 is 2.55 bits per heavy atom. The lowest BCUT2D eigenvalue weighted by Gasteiger charge is -2.14. The van der Waals surface area contributed by atoms with Gasteiger partial charge < -0.3 is 9.84 Å². The van der Waals surface area contributed by atoms with Gasteiger partial charge in [0.2, 0.25) is 0 Å². The third-order valence-corrected chi connectivity index (χ3v) is 3.76. The van der Waals surface area contributed by atoms with Crippen LogP contribution in [0.2, 0.25) is 5.02 Å². The summed E-state index contributed by atoms with van der Waals surface area (Å²) < 4.78 is 6.41. The van der Waals surface area contributed by atoms with E-state index in [1.165, 1.54) is 0 Å².